The lowest BCUT2D eigenvalue weighted by molar-refractivity contribution is 0.0836. The van der Waals surface area contributed by atoms with E-state index in [-0.39, 0.29) is 23.1 Å². The highest BCUT2D eigenvalue weighted by Crippen LogP contribution is 2.22. The van der Waals surface area contributed by atoms with Gasteiger partial charge in [0.15, 0.2) is 5.78 Å². The Morgan fingerprint density at radius 3 is 2.52 bits per heavy atom. The van der Waals surface area contributed by atoms with E-state index in [1.54, 1.807) is 16.8 Å². The Kier molecular flexibility index (Phi) is 5.90. The third-order valence-electron chi connectivity index (χ3n) is 6.40. The van der Waals surface area contributed by atoms with Crippen molar-refractivity contribution < 1.29 is 9.18 Å². The van der Waals surface area contributed by atoms with Crippen molar-refractivity contribution in [3.05, 3.63) is 62.8 Å². The molecule has 5 nitrogen and oxygen atoms in total. The fraction of sp³-hybridized carbons (Fsp3) is 0.522. The summed E-state index contributed by atoms with van der Waals surface area (Å²) in [5.74, 6) is -0.228. The van der Waals surface area contributed by atoms with E-state index in [4.69, 9.17) is 0 Å². The predicted molar refractivity (Wildman–Crippen MR) is 110 cm³/mol. The maximum atomic E-state index is 13.1. The van der Waals surface area contributed by atoms with Gasteiger partial charge < -0.3 is 4.90 Å². The predicted octanol–water partition coefficient (Wildman–Crippen LogP) is 3.16. The molecule has 0 radical (unpaired) electrons. The van der Waals surface area contributed by atoms with Crippen molar-refractivity contribution in [1.82, 2.24) is 14.7 Å². The first-order valence-electron chi connectivity index (χ1n) is 10.6. The molecule has 0 amide bonds. The van der Waals surface area contributed by atoms with E-state index >= 15 is 0 Å². The summed E-state index contributed by atoms with van der Waals surface area (Å²) in [5, 5.41) is 4.64. The van der Waals surface area contributed by atoms with E-state index in [0.29, 0.717) is 12.1 Å². The van der Waals surface area contributed by atoms with Gasteiger partial charge in [0, 0.05) is 23.6 Å². The van der Waals surface area contributed by atoms with Crippen LogP contribution in [0.25, 0.3) is 0 Å². The molecule has 154 valence electrons. The number of ketones is 1. The van der Waals surface area contributed by atoms with Crippen molar-refractivity contribution in [2.75, 3.05) is 19.6 Å². The number of likely N-dealkylation sites (tertiary alicyclic amines) is 1. The molecule has 2 heterocycles. The van der Waals surface area contributed by atoms with Crippen LogP contribution in [0.4, 0.5) is 4.39 Å². The molecule has 0 atom stereocenters. The lowest BCUT2D eigenvalue weighted by Gasteiger charge is -2.31. The molecule has 6 heteroatoms. The van der Waals surface area contributed by atoms with Gasteiger partial charge in [-0.25, -0.2) is 9.07 Å². The number of halogens is 1. The van der Waals surface area contributed by atoms with E-state index in [2.05, 4.69) is 10.00 Å². The SMILES string of the molecule is Cc1c2c(nn(CCN3CCC(C(=O)c4ccc(F)cc4)CC3)c1=O)CCCC2. The maximum absolute atomic E-state index is 13.1. The van der Waals surface area contributed by atoms with Crippen molar-refractivity contribution >= 4 is 5.78 Å². The molecule has 0 saturated carbocycles. The lowest BCUT2D eigenvalue weighted by atomic mass is 9.89. The fourth-order valence-electron chi connectivity index (χ4n) is 4.57. The second-order valence-electron chi connectivity index (χ2n) is 8.27. The van der Waals surface area contributed by atoms with Crippen LogP contribution in [0.15, 0.2) is 29.1 Å². The van der Waals surface area contributed by atoms with Crippen LogP contribution in [-0.4, -0.2) is 40.1 Å². The van der Waals surface area contributed by atoms with Crippen LogP contribution in [0.5, 0.6) is 0 Å². The number of Topliss-reactive ketones (excluding diaryl/α,β-unsaturated/α-hetero) is 1. The number of aromatic nitrogens is 2. The Labute approximate surface area is 170 Å². The minimum Gasteiger partial charge on any atom is -0.301 e. The van der Waals surface area contributed by atoms with Gasteiger partial charge in [-0.1, -0.05) is 0 Å². The summed E-state index contributed by atoms with van der Waals surface area (Å²) in [4.78, 5) is 27.6. The third-order valence-corrected chi connectivity index (χ3v) is 6.40. The van der Waals surface area contributed by atoms with Crippen molar-refractivity contribution in [3.63, 3.8) is 0 Å². The summed E-state index contributed by atoms with van der Waals surface area (Å²) in [6.45, 7) is 4.94. The number of aryl methyl sites for hydroxylation is 1. The normalized spacial score (nSPS) is 17.9. The number of nitrogens with zero attached hydrogens (tertiary/aromatic N) is 3. The molecule has 1 aliphatic carbocycles. The first kappa shape index (κ1) is 20.0. The van der Waals surface area contributed by atoms with E-state index < -0.39 is 0 Å². The highest BCUT2D eigenvalue weighted by molar-refractivity contribution is 5.97. The summed E-state index contributed by atoms with van der Waals surface area (Å²) in [6.07, 6.45) is 5.81. The molecule has 2 aromatic rings. The molecule has 0 bridgehead atoms. The van der Waals surface area contributed by atoms with Gasteiger partial charge in [0.05, 0.1) is 12.2 Å². The van der Waals surface area contributed by atoms with Gasteiger partial charge in [0.25, 0.3) is 5.56 Å². The first-order chi connectivity index (χ1) is 14.0. The summed E-state index contributed by atoms with van der Waals surface area (Å²) in [5.41, 5.74) is 3.74. The Morgan fingerprint density at radius 1 is 1.10 bits per heavy atom. The average Bonchev–Trinajstić information content (AvgIpc) is 2.76. The van der Waals surface area contributed by atoms with Gasteiger partial charge in [0.2, 0.25) is 0 Å². The van der Waals surface area contributed by atoms with Gasteiger partial charge in [-0.3, -0.25) is 9.59 Å². The van der Waals surface area contributed by atoms with Crippen LogP contribution in [0.2, 0.25) is 0 Å². The number of hydrogen-bond acceptors (Lipinski definition) is 4. The lowest BCUT2D eigenvalue weighted by Crippen LogP contribution is -2.40. The molecule has 2 aliphatic rings. The summed E-state index contributed by atoms with van der Waals surface area (Å²) >= 11 is 0. The zero-order valence-electron chi connectivity index (χ0n) is 17.0. The van der Waals surface area contributed by atoms with Crippen LogP contribution >= 0.6 is 0 Å². The van der Waals surface area contributed by atoms with Crippen LogP contribution in [0, 0.1) is 18.7 Å². The number of benzene rings is 1. The van der Waals surface area contributed by atoms with Gasteiger partial charge in [0.1, 0.15) is 5.82 Å². The van der Waals surface area contributed by atoms with Gasteiger partial charge in [-0.15, -0.1) is 0 Å². The smallest absolute Gasteiger partial charge is 0.269 e. The number of fused-ring (bicyclic) bond motifs is 1. The van der Waals surface area contributed by atoms with Crippen molar-refractivity contribution in [2.24, 2.45) is 5.92 Å². The number of hydrogen-bond donors (Lipinski definition) is 0. The molecule has 1 aliphatic heterocycles. The molecule has 1 saturated heterocycles. The molecule has 1 fully saturated rings. The van der Waals surface area contributed by atoms with E-state index in [0.717, 1.165) is 75.0 Å². The number of piperidine rings is 1. The van der Waals surface area contributed by atoms with Crippen molar-refractivity contribution in [3.8, 4) is 0 Å². The Morgan fingerprint density at radius 2 is 1.79 bits per heavy atom. The largest absolute Gasteiger partial charge is 0.301 e. The van der Waals surface area contributed by atoms with E-state index in [9.17, 15) is 14.0 Å². The zero-order chi connectivity index (χ0) is 20.4. The number of carbonyl (C=O) groups is 1. The zero-order valence-corrected chi connectivity index (χ0v) is 17.0. The Hall–Kier alpha value is -2.34. The van der Waals surface area contributed by atoms with Gasteiger partial charge >= 0.3 is 0 Å². The van der Waals surface area contributed by atoms with Crippen LogP contribution in [-0.2, 0) is 19.4 Å². The number of rotatable bonds is 5. The Balaban J connectivity index is 1.34. The molecular formula is C23H28FN3O2. The third kappa shape index (κ3) is 4.32. The van der Waals surface area contributed by atoms with E-state index in [1.807, 2.05) is 6.92 Å². The summed E-state index contributed by atoms with van der Waals surface area (Å²) in [6, 6.07) is 5.82. The standard InChI is InChI=1S/C23H28FN3O2/c1-16-20-4-2-3-5-21(20)25-27(23(16)29)15-14-26-12-10-18(11-13-26)22(28)17-6-8-19(24)9-7-17/h6-9,18H,2-5,10-15H2,1H3. The number of carbonyl (C=O) groups excluding carboxylic acids is 1. The van der Waals surface area contributed by atoms with Crippen LogP contribution in [0.3, 0.4) is 0 Å². The molecule has 0 spiro atoms. The summed E-state index contributed by atoms with van der Waals surface area (Å²) < 4.78 is 14.7. The quantitative estimate of drug-likeness (QED) is 0.728. The van der Waals surface area contributed by atoms with Crippen molar-refractivity contribution in [1.29, 1.82) is 0 Å². The molecular weight excluding hydrogens is 369 g/mol. The van der Waals surface area contributed by atoms with Crippen LogP contribution in [0.1, 0.15) is 52.9 Å². The summed E-state index contributed by atoms with van der Waals surface area (Å²) in [7, 11) is 0. The molecule has 29 heavy (non-hydrogen) atoms. The van der Waals surface area contributed by atoms with Crippen molar-refractivity contribution in [2.45, 2.75) is 52.0 Å². The fourth-order valence-corrected chi connectivity index (χ4v) is 4.57. The maximum Gasteiger partial charge on any atom is 0.269 e. The van der Waals surface area contributed by atoms with Gasteiger partial charge in [-0.05, 0) is 88.4 Å². The second kappa shape index (κ2) is 8.57. The minimum atomic E-state index is -0.322. The molecule has 1 aromatic carbocycles. The molecule has 0 unspecified atom stereocenters. The molecule has 0 N–H and O–H groups in total. The topological polar surface area (TPSA) is 55.2 Å². The molecule has 1 aromatic heterocycles. The van der Waals surface area contributed by atoms with Crippen LogP contribution < -0.4 is 5.56 Å². The first-order valence-corrected chi connectivity index (χ1v) is 10.6. The second-order valence-corrected chi connectivity index (χ2v) is 8.27. The highest BCUT2D eigenvalue weighted by Gasteiger charge is 2.26. The average molecular weight is 397 g/mol. The molecule has 4 rings (SSSR count). The highest BCUT2D eigenvalue weighted by atomic mass is 19.1. The van der Waals surface area contributed by atoms with Gasteiger partial charge in [-0.2, -0.15) is 5.10 Å². The monoisotopic (exact) mass is 397 g/mol. The Bertz CT molecular complexity index is 944. The van der Waals surface area contributed by atoms with E-state index in [1.165, 1.54) is 12.1 Å². The minimum absolute atomic E-state index is 0.0106.